The van der Waals surface area contributed by atoms with E-state index < -0.39 is 0 Å². The molecule has 0 fully saturated rings. The molecule has 0 radical (unpaired) electrons. The number of carbonyl (C=O) groups excluding carboxylic acids is 1. The normalized spacial score (nSPS) is 16.9. The molecule has 136 valence electrons. The zero-order valence-corrected chi connectivity index (χ0v) is 15.3. The fourth-order valence-corrected chi connectivity index (χ4v) is 2.61. The summed E-state index contributed by atoms with van der Waals surface area (Å²) in [7, 11) is 0. The minimum Gasteiger partial charge on any atom is -0.392 e. The topological polar surface area (TPSA) is 65.8 Å². The highest BCUT2D eigenvalue weighted by Gasteiger charge is 2.31. The van der Waals surface area contributed by atoms with Gasteiger partial charge in [-0.25, -0.2) is 0 Å². The number of rotatable bonds is 5. The average molecular weight is 359 g/mol. The Morgan fingerprint density at radius 3 is 2.56 bits per heavy atom. The number of para-hydroxylation sites is 1. The molecule has 0 aliphatic carbocycles. The molecule has 1 N–H and O–H groups in total. The number of aliphatic hydroxyl groups is 1. The quantitative estimate of drug-likeness (QED) is 0.655. The van der Waals surface area contributed by atoms with Gasteiger partial charge in [0.25, 0.3) is 5.91 Å². The smallest absolute Gasteiger partial charge is 0.281 e. The summed E-state index contributed by atoms with van der Waals surface area (Å²) >= 11 is 0. The second-order valence-corrected chi connectivity index (χ2v) is 6.28. The number of hydrogen-bond acceptors (Lipinski definition) is 4. The van der Waals surface area contributed by atoms with E-state index in [2.05, 4.69) is 10.1 Å². The summed E-state index contributed by atoms with van der Waals surface area (Å²) < 4.78 is 0. The van der Waals surface area contributed by atoms with Crippen LogP contribution in [-0.4, -0.2) is 28.3 Å². The first-order valence-corrected chi connectivity index (χ1v) is 8.65. The molecular formula is C22H21N3O2. The summed E-state index contributed by atoms with van der Waals surface area (Å²) in [6, 6.07) is 13.0. The van der Waals surface area contributed by atoms with Gasteiger partial charge in [-0.2, -0.15) is 10.1 Å². The van der Waals surface area contributed by atoms with Crippen molar-refractivity contribution >= 4 is 17.3 Å². The predicted molar refractivity (Wildman–Crippen MR) is 107 cm³/mol. The first-order chi connectivity index (χ1) is 13.1. The number of hydrazone groups is 1. The van der Waals surface area contributed by atoms with E-state index in [-0.39, 0.29) is 12.5 Å². The molecule has 1 aromatic heterocycles. The van der Waals surface area contributed by atoms with Crippen molar-refractivity contribution in [2.75, 3.05) is 11.6 Å². The SMILES string of the molecule is CC(/C=C1\C(=O)N(c2ccccc2)N=C1c1cccnc1)=C\C=C(/C)CO. The molecule has 0 saturated carbocycles. The number of carbonyl (C=O) groups is 1. The van der Waals surface area contributed by atoms with Crippen LogP contribution in [0.2, 0.25) is 0 Å². The molecule has 27 heavy (non-hydrogen) atoms. The number of anilines is 1. The lowest BCUT2D eigenvalue weighted by Crippen LogP contribution is -2.21. The highest BCUT2D eigenvalue weighted by molar-refractivity contribution is 6.35. The van der Waals surface area contributed by atoms with E-state index in [1.807, 2.05) is 74.5 Å². The molecule has 3 rings (SSSR count). The van der Waals surface area contributed by atoms with Crippen molar-refractivity contribution in [3.05, 3.63) is 95.4 Å². The standard InChI is InChI=1S/C22H21N3O2/c1-16(10-11-17(2)15-26)13-20-21(18-7-6-12-23-14-18)24-25(22(20)27)19-8-4-3-5-9-19/h3-14,26H,15H2,1-2H3/b16-10+,17-11+,20-13-. The van der Waals surface area contributed by atoms with Gasteiger partial charge in [0, 0.05) is 18.0 Å². The van der Waals surface area contributed by atoms with Gasteiger partial charge in [0.05, 0.1) is 17.9 Å². The van der Waals surface area contributed by atoms with Crippen molar-refractivity contribution in [3.63, 3.8) is 0 Å². The Hall–Kier alpha value is -3.31. The molecule has 1 aromatic carbocycles. The Balaban J connectivity index is 2.04. The summed E-state index contributed by atoms with van der Waals surface area (Å²) in [4.78, 5) is 17.2. The lowest BCUT2D eigenvalue weighted by atomic mass is 10.0. The number of benzene rings is 1. The summed E-state index contributed by atoms with van der Waals surface area (Å²) in [5.41, 5.74) is 4.33. The van der Waals surface area contributed by atoms with E-state index in [0.717, 1.165) is 16.7 Å². The lowest BCUT2D eigenvalue weighted by Gasteiger charge is -2.10. The van der Waals surface area contributed by atoms with E-state index in [1.165, 1.54) is 5.01 Å². The average Bonchev–Trinajstić information content (AvgIpc) is 3.03. The van der Waals surface area contributed by atoms with Crippen LogP contribution >= 0.6 is 0 Å². The van der Waals surface area contributed by atoms with Crippen LogP contribution in [-0.2, 0) is 4.79 Å². The molecule has 1 aliphatic rings. The Bertz CT molecular complexity index is 942. The third-order valence-corrected chi connectivity index (χ3v) is 4.07. The Kier molecular flexibility index (Phi) is 5.74. The zero-order chi connectivity index (χ0) is 19.2. The van der Waals surface area contributed by atoms with Crippen LogP contribution in [0.3, 0.4) is 0 Å². The van der Waals surface area contributed by atoms with Crippen LogP contribution in [0.5, 0.6) is 0 Å². The number of aromatic nitrogens is 1. The van der Waals surface area contributed by atoms with Crippen molar-refractivity contribution in [3.8, 4) is 0 Å². The van der Waals surface area contributed by atoms with Crippen LogP contribution < -0.4 is 5.01 Å². The largest absolute Gasteiger partial charge is 0.392 e. The third-order valence-electron chi connectivity index (χ3n) is 4.07. The van der Waals surface area contributed by atoms with E-state index in [9.17, 15) is 4.79 Å². The molecule has 5 nitrogen and oxygen atoms in total. The second-order valence-electron chi connectivity index (χ2n) is 6.28. The van der Waals surface area contributed by atoms with Crippen molar-refractivity contribution < 1.29 is 9.90 Å². The van der Waals surface area contributed by atoms with Gasteiger partial charge in [-0.1, -0.05) is 35.9 Å². The molecule has 1 amide bonds. The van der Waals surface area contributed by atoms with Gasteiger partial charge < -0.3 is 5.11 Å². The van der Waals surface area contributed by atoms with Gasteiger partial charge in [0.2, 0.25) is 0 Å². The number of amides is 1. The summed E-state index contributed by atoms with van der Waals surface area (Å²) in [6.45, 7) is 3.76. The van der Waals surface area contributed by atoms with E-state index >= 15 is 0 Å². The minimum atomic E-state index is -0.185. The number of aliphatic hydroxyl groups excluding tert-OH is 1. The molecule has 5 heteroatoms. The zero-order valence-electron chi connectivity index (χ0n) is 15.3. The van der Waals surface area contributed by atoms with Crippen LogP contribution in [0.15, 0.2) is 94.9 Å². The monoisotopic (exact) mass is 359 g/mol. The van der Waals surface area contributed by atoms with Crippen LogP contribution in [0, 0.1) is 0 Å². The van der Waals surface area contributed by atoms with E-state index in [1.54, 1.807) is 12.4 Å². The number of hydrogen-bond donors (Lipinski definition) is 1. The summed E-state index contributed by atoms with van der Waals surface area (Å²) in [5, 5.41) is 15.1. The molecule has 2 heterocycles. The van der Waals surface area contributed by atoms with Gasteiger partial charge in [-0.05, 0) is 49.8 Å². The van der Waals surface area contributed by atoms with Crippen molar-refractivity contribution in [1.82, 2.24) is 4.98 Å². The summed E-state index contributed by atoms with van der Waals surface area (Å²) in [5.74, 6) is -0.185. The molecule has 0 saturated heterocycles. The lowest BCUT2D eigenvalue weighted by molar-refractivity contribution is -0.114. The Labute approximate surface area is 158 Å². The van der Waals surface area contributed by atoms with Crippen molar-refractivity contribution in [2.24, 2.45) is 5.10 Å². The Morgan fingerprint density at radius 2 is 1.89 bits per heavy atom. The molecule has 0 atom stereocenters. The maximum atomic E-state index is 13.1. The highest BCUT2D eigenvalue weighted by Crippen LogP contribution is 2.26. The molecule has 0 unspecified atom stereocenters. The predicted octanol–water partition coefficient (Wildman–Crippen LogP) is 3.64. The van der Waals surface area contributed by atoms with Gasteiger partial charge >= 0.3 is 0 Å². The van der Waals surface area contributed by atoms with Crippen molar-refractivity contribution in [2.45, 2.75) is 13.8 Å². The number of nitrogens with zero attached hydrogens (tertiary/aromatic N) is 3. The molecule has 0 spiro atoms. The molecule has 1 aliphatic heterocycles. The Morgan fingerprint density at radius 1 is 1.11 bits per heavy atom. The van der Waals surface area contributed by atoms with Gasteiger partial charge in [-0.15, -0.1) is 0 Å². The van der Waals surface area contributed by atoms with Gasteiger partial charge in [0.15, 0.2) is 0 Å². The van der Waals surface area contributed by atoms with Crippen molar-refractivity contribution in [1.29, 1.82) is 0 Å². The first kappa shape index (κ1) is 18.5. The molecular weight excluding hydrogens is 338 g/mol. The van der Waals surface area contributed by atoms with Gasteiger partial charge in [0.1, 0.15) is 5.71 Å². The van der Waals surface area contributed by atoms with Crippen LogP contribution in [0.4, 0.5) is 5.69 Å². The fourth-order valence-electron chi connectivity index (χ4n) is 2.61. The second kappa shape index (κ2) is 8.38. The maximum absolute atomic E-state index is 13.1. The van der Waals surface area contributed by atoms with Gasteiger partial charge in [-0.3, -0.25) is 9.78 Å². The fraction of sp³-hybridized carbons (Fsp3) is 0.136. The van der Waals surface area contributed by atoms with Crippen LogP contribution in [0.25, 0.3) is 0 Å². The third kappa shape index (κ3) is 4.27. The van der Waals surface area contributed by atoms with Crippen LogP contribution in [0.1, 0.15) is 19.4 Å². The van der Waals surface area contributed by atoms with E-state index in [0.29, 0.717) is 17.0 Å². The molecule has 0 bridgehead atoms. The maximum Gasteiger partial charge on any atom is 0.281 e. The summed E-state index contributed by atoms with van der Waals surface area (Å²) in [6.07, 6.45) is 8.91. The van der Waals surface area contributed by atoms with E-state index in [4.69, 9.17) is 5.11 Å². The molecule has 2 aromatic rings. The number of allylic oxidation sites excluding steroid dienone is 4. The highest BCUT2D eigenvalue weighted by atomic mass is 16.3. The number of pyridine rings is 1. The first-order valence-electron chi connectivity index (χ1n) is 8.65. The minimum absolute atomic E-state index is 0.00343.